The normalized spacial score (nSPS) is 8.17. The number of ether oxygens (including phenoxy) is 1. The SMILES string of the molecule is CCOc1ccc(C#N)cc1.N#Cc1ccc(N)cc1Cl.O=CO. The van der Waals surface area contributed by atoms with Gasteiger partial charge in [-0.1, -0.05) is 11.6 Å². The number of nitrogens with two attached hydrogens (primary N) is 1. The van der Waals surface area contributed by atoms with Gasteiger partial charge in [-0.25, -0.2) is 0 Å². The van der Waals surface area contributed by atoms with Crippen LogP contribution in [-0.2, 0) is 4.79 Å². The fourth-order valence-corrected chi connectivity index (χ4v) is 1.65. The zero-order valence-corrected chi connectivity index (χ0v) is 13.7. The van der Waals surface area contributed by atoms with Crippen molar-refractivity contribution in [1.29, 1.82) is 10.5 Å². The maximum Gasteiger partial charge on any atom is 0.290 e. The lowest BCUT2D eigenvalue weighted by Crippen LogP contribution is -1.90. The highest BCUT2D eigenvalue weighted by atomic mass is 35.5. The molecular weight excluding hydrogens is 330 g/mol. The summed E-state index contributed by atoms with van der Waals surface area (Å²) in [6, 6.07) is 15.8. The second-order valence-corrected chi connectivity index (χ2v) is 4.43. The van der Waals surface area contributed by atoms with Crippen LogP contribution in [0.2, 0.25) is 5.02 Å². The topological polar surface area (TPSA) is 120 Å². The first-order valence-electron chi connectivity index (χ1n) is 6.68. The van der Waals surface area contributed by atoms with E-state index in [1.165, 1.54) is 0 Å². The lowest BCUT2D eigenvalue weighted by atomic mass is 10.2. The Morgan fingerprint density at radius 3 is 2.21 bits per heavy atom. The van der Waals surface area contributed by atoms with E-state index in [-0.39, 0.29) is 6.47 Å². The molecule has 0 aromatic heterocycles. The van der Waals surface area contributed by atoms with Gasteiger partial charge in [0.1, 0.15) is 11.8 Å². The third kappa shape index (κ3) is 8.28. The summed E-state index contributed by atoms with van der Waals surface area (Å²) < 4.78 is 5.20. The number of carbonyl (C=O) groups is 1. The number of rotatable bonds is 2. The Morgan fingerprint density at radius 1 is 1.21 bits per heavy atom. The summed E-state index contributed by atoms with van der Waals surface area (Å²) in [6.07, 6.45) is 0. The van der Waals surface area contributed by atoms with E-state index in [1.54, 1.807) is 42.5 Å². The minimum Gasteiger partial charge on any atom is -0.494 e. The molecule has 124 valence electrons. The van der Waals surface area contributed by atoms with Gasteiger partial charge in [0, 0.05) is 5.69 Å². The second-order valence-electron chi connectivity index (χ2n) is 4.03. The van der Waals surface area contributed by atoms with Gasteiger partial charge in [0.25, 0.3) is 6.47 Å². The number of carboxylic acid groups (broad SMARTS) is 1. The third-order valence-corrected chi connectivity index (χ3v) is 2.72. The van der Waals surface area contributed by atoms with Crippen molar-refractivity contribution in [2.75, 3.05) is 12.3 Å². The Balaban J connectivity index is 0.000000381. The van der Waals surface area contributed by atoms with E-state index in [2.05, 4.69) is 0 Å². The molecule has 0 aliphatic rings. The minimum atomic E-state index is -0.250. The van der Waals surface area contributed by atoms with Crippen LogP contribution in [-0.4, -0.2) is 18.2 Å². The van der Waals surface area contributed by atoms with Crippen LogP contribution in [0.1, 0.15) is 18.1 Å². The molecule has 0 heterocycles. The zero-order chi connectivity index (χ0) is 18.4. The molecule has 7 heteroatoms. The summed E-state index contributed by atoms with van der Waals surface area (Å²) in [5.74, 6) is 0.812. The predicted octanol–water partition coefficient (Wildman–Crippen LogP) is 3.45. The number of nitriles is 2. The highest BCUT2D eigenvalue weighted by molar-refractivity contribution is 6.32. The van der Waals surface area contributed by atoms with E-state index in [4.69, 9.17) is 42.5 Å². The maximum atomic E-state index is 8.47. The molecule has 6 nitrogen and oxygen atoms in total. The number of halogens is 1. The van der Waals surface area contributed by atoms with E-state index in [0.29, 0.717) is 28.4 Å². The molecule has 0 spiro atoms. The van der Waals surface area contributed by atoms with Crippen molar-refractivity contribution in [2.24, 2.45) is 0 Å². The van der Waals surface area contributed by atoms with Crippen molar-refractivity contribution in [3.63, 3.8) is 0 Å². The summed E-state index contributed by atoms with van der Waals surface area (Å²) in [4.78, 5) is 8.36. The van der Waals surface area contributed by atoms with Gasteiger partial charge in [0.2, 0.25) is 0 Å². The summed E-state index contributed by atoms with van der Waals surface area (Å²) in [6.45, 7) is 2.34. The Hall–Kier alpha value is -3.22. The largest absolute Gasteiger partial charge is 0.494 e. The highest BCUT2D eigenvalue weighted by Gasteiger charge is 1.96. The van der Waals surface area contributed by atoms with Gasteiger partial charge in [0.15, 0.2) is 0 Å². The van der Waals surface area contributed by atoms with Gasteiger partial charge in [-0.05, 0) is 49.4 Å². The molecule has 0 saturated carbocycles. The van der Waals surface area contributed by atoms with Crippen LogP contribution in [0.5, 0.6) is 5.75 Å². The fourth-order valence-electron chi connectivity index (χ4n) is 1.41. The lowest BCUT2D eigenvalue weighted by Gasteiger charge is -2.00. The third-order valence-electron chi connectivity index (χ3n) is 2.41. The van der Waals surface area contributed by atoms with Crippen molar-refractivity contribution < 1.29 is 14.6 Å². The Bertz CT molecular complexity index is 719. The number of anilines is 1. The van der Waals surface area contributed by atoms with E-state index in [0.717, 1.165) is 5.75 Å². The average Bonchev–Trinajstić information content (AvgIpc) is 2.57. The first-order valence-corrected chi connectivity index (χ1v) is 7.06. The van der Waals surface area contributed by atoms with Crippen LogP contribution in [0.25, 0.3) is 0 Å². The van der Waals surface area contributed by atoms with Gasteiger partial charge in [-0.3, -0.25) is 4.79 Å². The van der Waals surface area contributed by atoms with Crippen molar-refractivity contribution >= 4 is 23.8 Å². The Morgan fingerprint density at radius 2 is 1.79 bits per heavy atom. The lowest BCUT2D eigenvalue weighted by molar-refractivity contribution is -0.122. The van der Waals surface area contributed by atoms with Crippen molar-refractivity contribution in [1.82, 2.24) is 0 Å². The summed E-state index contributed by atoms with van der Waals surface area (Å²) in [5, 5.41) is 24.2. The van der Waals surface area contributed by atoms with Crippen LogP contribution in [0.3, 0.4) is 0 Å². The van der Waals surface area contributed by atoms with Crippen molar-refractivity contribution in [3.8, 4) is 17.9 Å². The number of benzene rings is 2. The number of nitrogens with zero attached hydrogens (tertiary/aromatic N) is 2. The van der Waals surface area contributed by atoms with E-state index in [9.17, 15) is 0 Å². The van der Waals surface area contributed by atoms with Gasteiger partial charge in [-0.2, -0.15) is 10.5 Å². The molecule has 0 amide bonds. The highest BCUT2D eigenvalue weighted by Crippen LogP contribution is 2.17. The monoisotopic (exact) mass is 345 g/mol. The summed E-state index contributed by atoms with van der Waals surface area (Å²) in [7, 11) is 0. The molecule has 24 heavy (non-hydrogen) atoms. The van der Waals surface area contributed by atoms with Gasteiger partial charge >= 0.3 is 0 Å². The molecule has 0 saturated heterocycles. The van der Waals surface area contributed by atoms with E-state index >= 15 is 0 Å². The van der Waals surface area contributed by atoms with Gasteiger partial charge < -0.3 is 15.6 Å². The maximum absolute atomic E-state index is 8.47. The van der Waals surface area contributed by atoms with E-state index in [1.807, 2.05) is 19.1 Å². The molecule has 0 atom stereocenters. The quantitative estimate of drug-likeness (QED) is 0.635. The van der Waals surface area contributed by atoms with Gasteiger partial charge in [-0.15, -0.1) is 0 Å². The Kier molecular flexibility index (Phi) is 10.7. The molecule has 0 radical (unpaired) electrons. The Labute approximate surface area is 145 Å². The van der Waals surface area contributed by atoms with Crippen LogP contribution >= 0.6 is 11.6 Å². The van der Waals surface area contributed by atoms with Crippen LogP contribution in [0.15, 0.2) is 42.5 Å². The molecule has 2 rings (SSSR count). The molecule has 0 bridgehead atoms. The summed E-state index contributed by atoms with van der Waals surface area (Å²) >= 11 is 5.63. The first kappa shape index (κ1) is 20.8. The van der Waals surface area contributed by atoms with Crippen LogP contribution < -0.4 is 10.5 Å². The molecule has 0 fully saturated rings. The number of hydrogen-bond donors (Lipinski definition) is 2. The van der Waals surface area contributed by atoms with Gasteiger partial charge in [0.05, 0.1) is 28.8 Å². The molecule has 2 aromatic rings. The molecule has 3 N–H and O–H groups in total. The predicted molar refractivity (Wildman–Crippen MR) is 91.6 cm³/mol. The average molecular weight is 346 g/mol. The minimum absolute atomic E-state index is 0.250. The molecular formula is C17H16ClN3O3. The van der Waals surface area contributed by atoms with Crippen molar-refractivity contribution in [2.45, 2.75) is 6.92 Å². The number of nitrogen functional groups attached to an aromatic ring is 1. The zero-order valence-electron chi connectivity index (χ0n) is 12.9. The summed E-state index contributed by atoms with van der Waals surface area (Å²) in [5.41, 5.74) is 7.08. The second kappa shape index (κ2) is 12.3. The van der Waals surface area contributed by atoms with Crippen molar-refractivity contribution in [3.05, 3.63) is 58.6 Å². The molecule has 0 unspecified atom stereocenters. The van der Waals surface area contributed by atoms with E-state index < -0.39 is 0 Å². The fraction of sp³-hybridized carbons (Fsp3) is 0.118. The first-order chi connectivity index (χ1) is 11.5. The smallest absolute Gasteiger partial charge is 0.290 e. The molecule has 0 aliphatic carbocycles. The van der Waals surface area contributed by atoms with Crippen LogP contribution in [0, 0.1) is 22.7 Å². The number of hydrogen-bond acceptors (Lipinski definition) is 5. The molecule has 2 aromatic carbocycles. The molecule has 0 aliphatic heterocycles. The standard InChI is InChI=1S/C9H9NO.C7H5ClN2.CH2O2/c1-2-11-9-5-3-8(7-10)4-6-9;8-7-3-6(10)2-1-5(7)4-9;2-1-3/h3-6H,2H2,1H3;1-3H,10H2;1H,(H,2,3). The van der Waals surface area contributed by atoms with Crippen LogP contribution in [0.4, 0.5) is 5.69 Å².